The van der Waals surface area contributed by atoms with Gasteiger partial charge in [-0.3, -0.25) is 0 Å². The number of benzene rings is 1. The van der Waals surface area contributed by atoms with Gasteiger partial charge in [0.1, 0.15) is 6.26 Å². The Morgan fingerprint density at radius 2 is 2.05 bits per heavy atom. The minimum absolute atomic E-state index is 0.252. The van der Waals surface area contributed by atoms with Crippen LogP contribution in [0.25, 0.3) is 11.5 Å². The van der Waals surface area contributed by atoms with Crippen LogP contribution in [0.1, 0.15) is 31.0 Å². The first-order valence-electron chi connectivity index (χ1n) is 7.56. The molecule has 4 heteroatoms. The second-order valence-corrected chi connectivity index (χ2v) is 5.43. The molecule has 0 aliphatic rings. The van der Waals surface area contributed by atoms with Gasteiger partial charge in [0.25, 0.3) is 0 Å². The van der Waals surface area contributed by atoms with E-state index in [1.807, 2.05) is 12.1 Å². The van der Waals surface area contributed by atoms with Crippen LogP contribution in [0.3, 0.4) is 0 Å². The summed E-state index contributed by atoms with van der Waals surface area (Å²) in [6.07, 6.45) is 3.62. The Labute approximate surface area is 126 Å². The van der Waals surface area contributed by atoms with Gasteiger partial charge < -0.3 is 14.8 Å². The fourth-order valence-corrected chi connectivity index (χ4v) is 2.25. The third kappa shape index (κ3) is 4.69. The van der Waals surface area contributed by atoms with Crippen LogP contribution in [-0.2, 0) is 6.54 Å². The number of nitrogens with zero attached hydrogens (tertiary/aromatic N) is 1. The highest BCUT2D eigenvalue weighted by molar-refractivity contribution is 5.53. The number of nitrogens with one attached hydrogen (secondary N) is 1. The van der Waals surface area contributed by atoms with E-state index in [2.05, 4.69) is 36.3 Å². The van der Waals surface area contributed by atoms with Crippen LogP contribution in [0.4, 0.5) is 0 Å². The molecule has 0 bridgehead atoms. The van der Waals surface area contributed by atoms with Crippen molar-refractivity contribution in [3.05, 3.63) is 41.8 Å². The summed E-state index contributed by atoms with van der Waals surface area (Å²) in [6, 6.07) is 8.15. The fourth-order valence-electron chi connectivity index (χ4n) is 2.25. The van der Waals surface area contributed by atoms with Gasteiger partial charge in [-0.05, 0) is 37.9 Å². The molecule has 0 amide bonds. The molecule has 21 heavy (non-hydrogen) atoms. The van der Waals surface area contributed by atoms with Gasteiger partial charge >= 0.3 is 0 Å². The summed E-state index contributed by atoms with van der Waals surface area (Å²) in [5.41, 5.74) is 3.13. The first-order chi connectivity index (χ1) is 10.2. The third-order valence-corrected chi connectivity index (χ3v) is 3.70. The molecule has 2 aromatic rings. The predicted molar refractivity (Wildman–Crippen MR) is 83.9 cm³/mol. The summed E-state index contributed by atoms with van der Waals surface area (Å²) in [4.78, 5) is 4.50. The molecule has 1 unspecified atom stereocenters. The highest BCUT2D eigenvalue weighted by Crippen LogP contribution is 2.19. The molecule has 0 spiro atoms. The van der Waals surface area contributed by atoms with Crippen molar-refractivity contribution in [2.45, 2.75) is 33.2 Å². The Morgan fingerprint density at radius 1 is 1.29 bits per heavy atom. The molecule has 0 radical (unpaired) electrons. The molecule has 1 atom stereocenters. The molecule has 114 valence electrons. The van der Waals surface area contributed by atoms with Crippen LogP contribution in [0.5, 0.6) is 0 Å². The zero-order valence-electron chi connectivity index (χ0n) is 12.8. The lowest BCUT2D eigenvalue weighted by Crippen LogP contribution is -2.23. The summed E-state index contributed by atoms with van der Waals surface area (Å²) < 4.78 is 5.53. The summed E-state index contributed by atoms with van der Waals surface area (Å²) >= 11 is 0. The van der Waals surface area contributed by atoms with E-state index >= 15 is 0 Å². The van der Waals surface area contributed by atoms with E-state index in [1.54, 1.807) is 6.26 Å². The minimum atomic E-state index is 0.252. The number of hydrogen-bond acceptors (Lipinski definition) is 4. The van der Waals surface area contributed by atoms with Crippen molar-refractivity contribution in [2.75, 3.05) is 13.2 Å². The molecule has 1 heterocycles. The number of oxazole rings is 1. The molecule has 4 nitrogen and oxygen atoms in total. The first kappa shape index (κ1) is 15.7. The first-order valence-corrected chi connectivity index (χ1v) is 7.56. The second-order valence-electron chi connectivity index (χ2n) is 5.43. The predicted octanol–water partition coefficient (Wildman–Crippen LogP) is 3.15. The number of aliphatic hydroxyl groups is 1. The van der Waals surface area contributed by atoms with Gasteiger partial charge in [-0.25, -0.2) is 4.98 Å². The molecule has 2 rings (SSSR count). The molecule has 0 aliphatic carbocycles. The van der Waals surface area contributed by atoms with Gasteiger partial charge in [0.15, 0.2) is 0 Å². The Bertz CT molecular complexity index is 534. The van der Waals surface area contributed by atoms with Crippen LogP contribution in [0.2, 0.25) is 0 Å². The summed E-state index contributed by atoms with van der Waals surface area (Å²) in [6.45, 7) is 6.04. The molecule has 1 aromatic carbocycles. The van der Waals surface area contributed by atoms with Gasteiger partial charge in [-0.1, -0.05) is 31.0 Å². The lowest BCUT2D eigenvalue weighted by atomic mass is 10.0. The van der Waals surface area contributed by atoms with Crippen LogP contribution in [0, 0.1) is 12.8 Å². The van der Waals surface area contributed by atoms with E-state index in [0.717, 1.165) is 30.6 Å². The monoisotopic (exact) mass is 288 g/mol. The van der Waals surface area contributed by atoms with E-state index in [0.29, 0.717) is 18.4 Å². The molecule has 2 N–H and O–H groups in total. The third-order valence-electron chi connectivity index (χ3n) is 3.70. The van der Waals surface area contributed by atoms with Gasteiger partial charge in [0, 0.05) is 18.7 Å². The lowest BCUT2D eigenvalue weighted by Gasteiger charge is -2.13. The van der Waals surface area contributed by atoms with Gasteiger partial charge in [-0.2, -0.15) is 0 Å². The Morgan fingerprint density at radius 3 is 2.71 bits per heavy atom. The van der Waals surface area contributed by atoms with Crippen molar-refractivity contribution < 1.29 is 9.52 Å². The van der Waals surface area contributed by atoms with Crippen molar-refractivity contribution in [3.63, 3.8) is 0 Å². The zero-order valence-corrected chi connectivity index (χ0v) is 12.8. The largest absolute Gasteiger partial charge is 0.444 e. The van der Waals surface area contributed by atoms with Crippen LogP contribution in [-0.4, -0.2) is 23.2 Å². The van der Waals surface area contributed by atoms with Crippen molar-refractivity contribution in [3.8, 4) is 11.5 Å². The van der Waals surface area contributed by atoms with E-state index in [1.165, 1.54) is 5.56 Å². The fraction of sp³-hybridized carbons (Fsp3) is 0.471. The van der Waals surface area contributed by atoms with E-state index < -0.39 is 0 Å². The van der Waals surface area contributed by atoms with Crippen molar-refractivity contribution >= 4 is 0 Å². The highest BCUT2D eigenvalue weighted by Gasteiger charge is 2.08. The lowest BCUT2D eigenvalue weighted by molar-refractivity contribution is 0.251. The van der Waals surface area contributed by atoms with Gasteiger partial charge in [0.2, 0.25) is 5.89 Å². The number of aliphatic hydroxyl groups excluding tert-OH is 1. The van der Waals surface area contributed by atoms with Crippen LogP contribution < -0.4 is 5.32 Å². The summed E-state index contributed by atoms with van der Waals surface area (Å²) in [7, 11) is 0. The Hall–Kier alpha value is -1.65. The Balaban J connectivity index is 1.87. The molecule has 0 fully saturated rings. The van der Waals surface area contributed by atoms with E-state index in [9.17, 15) is 0 Å². The van der Waals surface area contributed by atoms with E-state index in [4.69, 9.17) is 9.52 Å². The average Bonchev–Trinajstić information content (AvgIpc) is 2.96. The van der Waals surface area contributed by atoms with Crippen LogP contribution >= 0.6 is 0 Å². The van der Waals surface area contributed by atoms with Gasteiger partial charge in [0.05, 0.1) is 5.69 Å². The topological polar surface area (TPSA) is 58.3 Å². The molecule has 1 aromatic heterocycles. The normalized spacial score (nSPS) is 12.5. The number of rotatable bonds is 8. The standard InChI is InChI=1S/C17H24N2O2/c1-3-14(8-9-20)10-18-11-16-12-21-17(19-16)15-6-4-13(2)5-7-15/h4-7,12,14,18,20H,3,8-11H2,1-2H3. The maximum atomic E-state index is 8.98. The molecular formula is C17H24N2O2. The SMILES string of the molecule is CCC(CCO)CNCc1coc(-c2ccc(C)cc2)n1. The summed E-state index contributed by atoms with van der Waals surface area (Å²) in [5, 5.41) is 12.4. The second kappa shape index (κ2) is 7.96. The van der Waals surface area contributed by atoms with Gasteiger partial charge in [-0.15, -0.1) is 0 Å². The van der Waals surface area contributed by atoms with E-state index in [-0.39, 0.29) is 6.61 Å². The zero-order chi connectivity index (χ0) is 15.1. The number of hydrogen-bond donors (Lipinski definition) is 2. The molecule has 0 aliphatic heterocycles. The van der Waals surface area contributed by atoms with Crippen molar-refractivity contribution in [1.82, 2.24) is 10.3 Å². The number of aromatic nitrogens is 1. The Kier molecular flexibility index (Phi) is 5.96. The molecular weight excluding hydrogens is 264 g/mol. The number of aryl methyl sites for hydroxylation is 1. The average molecular weight is 288 g/mol. The quantitative estimate of drug-likeness (QED) is 0.783. The van der Waals surface area contributed by atoms with Crippen LogP contribution in [0.15, 0.2) is 34.9 Å². The van der Waals surface area contributed by atoms with Crippen molar-refractivity contribution in [2.24, 2.45) is 5.92 Å². The highest BCUT2D eigenvalue weighted by atomic mass is 16.3. The smallest absolute Gasteiger partial charge is 0.226 e. The summed E-state index contributed by atoms with van der Waals surface area (Å²) in [5.74, 6) is 1.17. The van der Waals surface area contributed by atoms with Crippen molar-refractivity contribution in [1.29, 1.82) is 0 Å². The maximum absolute atomic E-state index is 8.98. The maximum Gasteiger partial charge on any atom is 0.226 e. The molecule has 0 saturated carbocycles. The molecule has 0 saturated heterocycles. The minimum Gasteiger partial charge on any atom is -0.444 e.